The summed E-state index contributed by atoms with van der Waals surface area (Å²) in [5, 5.41) is 9.30. The number of hydroxylamine groups is 1. The molecule has 0 bridgehead atoms. The van der Waals surface area contributed by atoms with E-state index in [1.807, 2.05) is 0 Å². The third-order valence-corrected chi connectivity index (χ3v) is 9.26. The van der Waals surface area contributed by atoms with Crippen molar-refractivity contribution in [3.05, 3.63) is 29.6 Å². The van der Waals surface area contributed by atoms with Crippen LogP contribution in [0.25, 0.3) is 0 Å². The second kappa shape index (κ2) is 12.7. The Morgan fingerprint density at radius 1 is 1.08 bits per heavy atom. The predicted octanol–water partition coefficient (Wildman–Crippen LogP) is 3.04. The number of methoxy groups -OCH3 is 2. The number of nitrogens with one attached hydrogen (secondary N) is 1. The highest BCUT2D eigenvalue weighted by Gasteiger charge is 2.56. The summed E-state index contributed by atoms with van der Waals surface area (Å²) in [6, 6.07) is 2.97. The molecule has 1 fully saturated rings. The number of halogens is 5. The number of nitrogens with zero attached hydrogens (tertiary/aromatic N) is 2. The predicted molar refractivity (Wildman–Crippen MR) is 122 cm³/mol. The van der Waals surface area contributed by atoms with Crippen molar-refractivity contribution in [3.63, 3.8) is 0 Å². The van der Waals surface area contributed by atoms with Gasteiger partial charge in [0, 0.05) is 77.6 Å². The second-order valence-electron chi connectivity index (χ2n) is 8.89. The average molecular weight is 562 g/mol. The Morgan fingerprint density at radius 2 is 1.65 bits per heavy atom. The lowest BCUT2D eigenvalue weighted by Gasteiger charge is -2.39. The highest BCUT2D eigenvalue weighted by molar-refractivity contribution is 7.91. The molecule has 37 heavy (non-hydrogen) atoms. The smallest absolute Gasteiger partial charge is 0.385 e. The molecule has 212 valence electrons. The lowest BCUT2D eigenvalue weighted by Crippen LogP contribution is -2.59. The fraction of sp³-hybridized carbons (Fsp3) is 0.727. The van der Waals surface area contributed by atoms with E-state index in [1.165, 1.54) is 42.3 Å². The van der Waals surface area contributed by atoms with Gasteiger partial charge >= 0.3 is 12.1 Å². The van der Waals surface area contributed by atoms with Crippen molar-refractivity contribution < 1.29 is 49.8 Å². The molecule has 0 aliphatic carbocycles. The molecule has 0 aromatic carbocycles. The maximum atomic E-state index is 13.6. The standard InChI is InChI=1S/C22H32F5N3O6S/c1-35-13-9-20(10-14-36-2,19(31)29-32)37(33,34)30-11-6-17(7-12-30)18-4-3-16(15-28-18)5-8-21(23,24)22(25,26)27/h3-4,15,17,32H,5-14H2,1-2H3,(H,29,31). The molecule has 9 nitrogen and oxygen atoms in total. The highest BCUT2D eigenvalue weighted by atomic mass is 32.2. The SMILES string of the molecule is COCCC(CCOC)(C(=O)NO)S(=O)(=O)N1CCC(c2ccc(CCC(F)(F)C(F)(F)F)cn2)CC1. The van der Waals surface area contributed by atoms with Crippen LogP contribution in [0.2, 0.25) is 0 Å². The second-order valence-corrected chi connectivity index (χ2v) is 11.1. The van der Waals surface area contributed by atoms with Crippen LogP contribution in [0.4, 0.5) is 22.0 Å². The molecule has 1 amide bonds. The number of alkyl halides is 5. The molecule has 2 rings (SSSR count). The van der Waals surface area contributed by atoms with E-state index in [1.54, 1.807) is 0 Å². The Morgan fingerprint density at radius 3 is 2.08 bits per heavy atom. The molecule has 0 spiro atoms. The molecule has 0 radical (unpaired) electrons. The van der Waals surface area contributed by atoms with E-state index in [0.29, 0.717) is 18.5 Å². The minimum absolute atomic E-state index is 0.0503. The zero-order valence-corrected chi connectivity index (χ0v) is 21.4. The topological polar surface area (TPSA) is 118 Å². The molecule has 2 N–H and O–H groups in total. The van der Waals surface area contributed by atoms with E-state index in [4.69, 9.17) is 9.47 Å². The maximum absolute atomic E-state index is 13.6. The number of carbonyl (C=O) groups excluding carboxylic acids is 1. The van der Waals surface area contributed by atoms with Crippen LogP contribution in [-0.4, -0.2) is 86.2 Å². The molecule has 1 saturated heterocycles. The lowest BCUT2D eigenvalue weighted by molar-refractivity contribution is -0.284. The molecular weight excluding hydrogens is 529 g/mol. The first kappa shape index (κ1) is 31.3. The molecule has 15 heteroatoms. The Bertz CT molecular complexity index is 976. The number of carbonyl (C=O) groups is 1. The number of pyridine rings is 1. The van der Waals surface area contributed by atoms with Gasteiger partial charge in [0.25, 0.3) is 5.91 Å². The summed E-state index contributed by atoms with van der Waals surface area (Å²) in [4.78, 5) is 16.8. The summed E-state index contributed by atoms with van der Waals surface area (Å²) in [5.74, 6) is -6.06. The van der Waals surface area contributed by atoms with E-state index < -0.39 is 45.6 Å². The van der Waals surface area contributed by atoms with Crippen LogP contribution in [0, 0.1) is 0 Å². The van der Waals surface area contributed by atoms with Gasteiger partial charge in [-0.2, -0.15) is 22.0 Å². The van der Waals surface area contributed by atoms with Crippen LogP contribution in [0.15, 0.2) is 18.3 Å². The van der Waals surface area contributed by atoms with Gasteiger partial charge in [0.05, 0.1) is 0 Å². The number of hydrogen-bond donors (Lipinski definition) is 2. The summed E-state index contributed by atoms with van der Waals surface area (Å²) in [5.41, 5.74) is 2.24. The monoisotopic (exact) mass is 561 g/mol. The van der Waals surface area contributed by atoms with Crippen molar-refractivity contribution >= 4 is 15.9 Å². The summed E-state index contributed by atoms with van der Waals surface area (Å²) in [7, 11) is -1.55. The molecule has 2 heterocycles. The molecule has 0 atom stereocenters. The zero-order chi connectivity index (χ0) is 27.9. The summed E-state index contributed by atoms with van der Waals surface area (Å²) in [6.45, 7) is -0.0146. The largest absolute Gasteiger partial charge is 0.453 e. The molecule has 1 aliphatic heterocycles. The minimum atomic E-state index is -5.61. The molecular formula is C22H32F5N3O6S. The van der Waals surface area contributed by atoms with Gasteiger partial charge in [-0.25, -0.2) is 18.2 Å². The zero-order valence-electron chi connectivity index (χ0n) is 20.6. The molecule has 0 unspecified atom stereocenters. The molecule has 0 saturated carbocycles. The Hall–Kier alpha value is -1.94. The number of piperidine rings is 1. The van der Waals surface area contributed by atoms with Crippen molar-refractivity contribution in [3.8, 4) is 0 Å². The highest BCUT2D eigenvalue weighted by Crippen LogP contribution is 2.39. The molecule has 1 aromatic rings. The van der Waals surface area contributed by atoms with E-state index in [2.05, 4.69) is 4.98 Å². The van der Waals surface area contributed by atoms with Crippen LogP contribution in [-0.2, 0) is 30.7 Å². The van der Waals surface area contributed by atoms with Gasteiger partial charge in [-0.05, 0) is 30.9 Å². The summed E-state index contributed by atoms with van der Waals surface area (Å²) < 4.78 is 99.8. The van der Waals surface area contributed by atoms with Gasteiger partial charge in [-0.1, -0.05) is 6.07 Å². The van der Waals surface area contributed by atoms with Gasteiger partial charge in [0.2, 0.25) is 10.0 Å². The van der Waals surface area contributed by atoms with Crippen LogP contribution in [0.3, 0.4) is 0 Å². The minimum Gasteiger partial charge on any atom is -0.385 e. The van der Waals surface area contributed by atoms with Crippen molar-refractivity contribution in [2.45, 2.75) is 61.3 Å². The van der Waals surface area contributed by atoms with E-state index >= 15 is 0 Å². The fourth-order valence-corrected chi connectivity index (χ4v) is 6.42. The first-order valence-corrected chi connectivity index (χ1v) is 13.0. The average Bonchev–Trinajstić information content (AvgIpc) is 2.87. The van der Waals surface area contributed by atoms with E-state index in [-0.39, 0.29) is 50.6 Å². The first-order chi connectivity index (χ1) is 17.3. The van der Waals surface area contributed by atoms with Crippen LogP contribution in [0.1, 0.15) is 49.3 Å². The number of aryl methyl sites for hydroxylation is 1. The normalized spacial score (nSPS) is 16.6. The number of hydrogen-bond acceptors (Lipinski definition) is 7. The van der Waals surface area contributed by atoms with Crippen LogP contribution in [0.5, 0.6) is 0 Å². The Kier molecular flexibility index (Phi) is 10.8. The summed E-state index contributed by atoms with van der Waals surface area (Å²) in [6.07, 6.45) is -6.01. The third kappa shape index (κ3) is 7.13. The maximum Gasteiger partial charge on any atom is 0.453 e. The molecule has 1 aromatic heterocycles. The fourth-order valence-electron chi connectivity index (χ4n) is 4.27. The first-order valence-electron chi connectivity index (χ1n) is 11.6. The number of rotatable bonds is 13. The van der Waals surface area contributed by atoms with Crippen molar-refractivity contribution in [2.24, 2.45) is 0 Å². The third-order valence-electron chi connectivity index (χ3n) is 6.63. The van der Waals surface area contributed by atoms with Crippen LogP contribution >= 0.6 is 0 Å². The van der Waals surface area contributed by atoms with Gasteiger partial charge in [-0.3, -0.25) is 15.0 Å². The van der Waals surface area contributed by atoms with Crippen molar-refractivity contribution in [1.29, 1.82) is 0 Å². The van der Waals surface area contributed by atoms with Crippen LogP contribution < -0.4 is 5.48 Å². The van der Waals surface area contributed by atoms with Crippen molar-refractivity contribution in [2.75, 3.05) is 40.5 Å². The summed E-state index contributed by atoms with van der Waals surface area (Å²) >= 11 is 0. The van der Waals surface area contributed by atoms with Crippen molar-refractivity contribution in [1.82, 2.24) is 14.8 Å². The Labute approximate surface area is 212 Å². The number of sulfonamides is 1. The van der Waals surface area contributed by atoms with Gasteiger partial charge in [-0.15, -0.1) is 0 Å². The van der Waals surface area contributed by atoms with Gasteiger partial charge in [0.15, 0.2) is 4.75 Å². The molecule has 1 aliphatic rings. The number of ether oxygens (including phenoxy) is 2. The van der Waals surface area contributed by atoms with E-state index in [0.717, 1.165) is 0 Å². The number of aromatic nitrogens is 1. The Balaban J connectivity index is 2.11. The van der Waals surface area contributed by atoms with Gasteiger partial charge < -0.3 is 9.47 Å². The van der Waals surface area contributed by atoms with Gasteiger partial charge in [0.1, 0.15) is 0 Å². The lowest BCUT2D eigenvalue weighted by atomic mass is 9.93. The number of amides is 1. The quantitative estimate of drug-likeness (QED) is 0.216. The van der Waals surface area contributed by atoms with E-state index in [9.17, 15) is 40.4 Å².